The molecule has 3 aromatic rings. The molecule has 2 aromatic heterocycles. The second kappa shape index (κ2) is 8.01. The predicted molar refractivity (Wildman–Crippen MR) is 102 cm³/mol. The van der Waals surface area contributed by atoms with Crippen LogP contribution in [0.25, 0.3) is 5.82 Å². The number of amides is 1. The van der Waals surface area contributed by atoms with E-state index in [1.54, 1.807) is 41.6 Å². The van der Waals surface area contributed by atoms with Crippen LogP contribution >= 0.6 is 0 Å². The molecule has 7 nitrogen and oxygen atoms in total. The largest absolute Gasteiger partial charge is 0.378 e. The lowest BCUT2D eigenvalue weighted by Gasteiger charge is -2.28. The first-order valence-electron chi connectivity index (χ1n) is 8.94. The molecule has 7 heteroatoms. The summed E-state index contributed by atoms with van der Waals surface area (Å²) in [6, 6.07) is 11.7. The minimum Gasteiger partial charge on any atom is -0.378 e. The van der Waals surface area contributed by atoms with Crippen LogP contribution in [0.2, 0.25) is 0 Å². The molecule has 0 saturated carbocycles. The SMILES string of the molecule is O=C(NCc1ccc(N2CCOCC2)cc1)c1ccnc(-n2ccnc2)c1. The standard InChI is InChI=1S/C20H21N5O2/c26-20(17-5-6-22-19(13-17)25-8-7-21-15-25)23-14-16-1-3-18(4-2-16)24-9-11-27-12-10-24/h1-8,13,15H,9-12,14H2,(H,23,26). The summed E-state index contributed by atoms with van der Waals surface area (Å²) in [7, 11) is 0. The second-order valence-electron chi connectivity index (χ2n) is 6.32. The number of hydrogen-bond donors (Lipinski definition) is 1. The van der Waals surface area contributed by atoms with Crippen LogP contribution in [0.15, 0.2) is 61.3 Å². The van der Waals surface area contributed by atoms with E-state index in [0.29, 0.717) is 17.9 Å². The van der Waals surface area contributed by atoms with Gasteiger partial charge in [-0.2, -0.15) is 0 Å². The van der Waals surface area contributed by atoms with Crippen molar-refractivity contribution >= 4 is 11.6 Å². The first kappa shape index (κ1) is 17.2. The number of hydrogen-bond acceptors (Lipinski definition) is 5. The Kier molecular flexibility index (Phi) is 5.11. The third kappa shape index (κ3) is 4.15. The molecule has 1 saturated heterocycles. The molecule has 0 atom stereocenters. The number of nitrogens with zero attached hydrogens (tertiary/aromatic N) is 4. The lowest BCUT2D eigenvalue weighted by Crippen LogP contribution is -2.36. The molecule has 1 N–H and O–H groups in total. The van der Waals surface area contributed by atoms with Gasteiger partial charge in [0.1, 0.15) is 12.1 Å². The Morgan fingerprint density at radius 3 is 2.67 bits per heavy atom. The molecule has 0 spiro atoms. The molecule has 138 valence electrons. The maximum atomic E-state index is 12.5. The number of anilines is 1. The number of imidazole rings is 1. The number of carbonyl (C=O) groups is 1. The summed E-state index contributed by atoms with van der Waals surface area (Å²) >= 11 is 0. The van der Waals surface area contributed by atoms with Crippen molar-refractivity contribution in [1.29, 1.82) is 0 Å². The Labute approximate surface area is 157 Å². The van der Waals surface area contributed by atoms with Crippen molar-refractivity contribution in [3.05, 3.63) is 72.4 Å². The van der Waals surface area contributed by atoms with Crippen LogP contribution in [0, 0.1) is 0 Å². The van der Waals surface area contributed by atoms with Crippen LogP contribution in [0.3, 0.4) is 0 Å². The fourth-order valence-corrected chi connectivity index (χ4v) is 3.03. The molecule has 0 bridgehead atoms. The number of nitrogens with one attached hydrogen (secondary N) is 1. The van der Waals surface area contributed by atoms with Crippen LogP contribution in [0.1, 0.15) is 15.9 Å². The molecule has 1 amide bonds. The predicted octanol–water partition coefficient (Wildman–Crippen LogP) is 2.03. The number of ether oxygens (including phenoxy) is 1. The Bertz CT molecular complexity index is 887. The van der Waals surface area contributed by atoms with E-state index >= 15 is 0 Å². The highest BCUT2D eigenvalue weighted by atomic mass is 16.5. The Morgan fingerprint density at radius 1 is 1.11 bits per heavy atom. The number of benzene rings is 1. The van der Waals surface area contributed by atoms with Gasteiger partial charge in [0.25, 0.3) is 5.91 Å². The van der Waals surface area contributed by atoms with E-state index in [1.807, 2.05) is 0 Å². The third-order valence-electron chi connectivity index (χ3n) is 4.54. The molecular formula is C20H21N5O2. The molecule has 1 aliphatic rings. The molecule has 0 aliphatic carbocycles. The van der Waals surface area contributed by atoms with Crippen molar-refractivity contribution in [1.82, 2.24) is 19.9 Å². The highest BCUT2D eigenvalue weighted by Gasteiger charge is 2.11. The van der Waals surface area contributed by atoms with E-state index in [1.165, 1.54) is 5.69 Å². The van der Waals surface area contributed by atoms with Gasteiger partial charge < -0.3 is 15.0 Å². The monoisotopic (exact) mass is 363 g/mol. The summed E-state index contributed by atoms with van der Waals surface area (Å²) in [5.74, 6) is 0.533. The van der Waals surface area contributed by atoms with Gasteiger partial charge in [-0.3, -0.25) is 9.36 Å². The van der Waals surface area contributed by atoms with Crippen LogP contribution in [-0.2, 0) is 11.3 Å². The number of morpholine rings is 1. The summed E-state index contributed by atoms with van der Waals surface area (Å²) in [6.45, 7) is 3.84. The van der Waals surface area contributed by atoms with Gasteiger partial charge in [-0.05, 0) is 29.8 Å². The lowest BCUT2D eigenvalue weighted by molar-refractivity contribution is 0.0950. The molecule has 4 rings (SSSR count). The maximum Gasteiger partial charge on any atom is 0.251 e. The smallest absolute Gasteiger partial charge is 0.251 e. The normalized spacial score (nSPS) is 14.1. The van der Waals surface area contributed by atoms with Crippen LogP contribution < -0.4 is 10.2 Å². The summed E-state index contributed by atoms with van der Waals surface area (Å²) in [5.41, 5.74) is 2.82. The number of pyridine rings is 1. The lowest BCUT2D eigenvalue weighted by atomic mass is 10.1. The van der Waals surface area contributed by atoms with Gasteiger partial charge in [0.15, 0.2) is 0 Å². The van der Waals surface area contributed by atoms with Gasteiger partial charge >= 0.3 is 0 Å². The number of aromatic nitrogens is 3. The first-order valence-corrected chi connectivity index (χ1v) is 8.94. The minimum atomic E-state index is -0.129. The van der Waals surface area contributed by atoms with Gasteiger partial charge in [0.2, 0.25) is 0 Å². The fourth-order valence-electron chi connectivity index (χ4n) is 3.03. The molecule has 27 heavy (non-hydrogen) atoms. The molecule has 3 heterocycles. The zero-order valence-corrected chi connectivity index (χ0v) is 14.9. The average Bonchev–Trinajstić information content (AvgIpc) is 3.28. The maximum absolute atomic E-state index is 12.5. The zero-order chi connectivity index (χ0) is 18.5. The Hall–Kier alpha value is -3.19. The summed E-state index contributed by atoms with van der Waals surface area (Å²) in [6.07, 6.45) is 6.75. The summed E-state index contributed by atoms with van der Waals surface area (Å²) < 4.78 is 7.15. The van der Waals surface area contributed by atoms with Gasteiger partial charge in [-0.15, -0.1) is 0 Å². The molecule has 0 radical (unpaired) electrons. The van der Waals surface area contributed by atoms with E-state index in [-0.39, 0.29) is 5.91 Å². The van der Waals surface area contributed by atoms with E-state index in [4.69, 9.17) is 4.74 Å². The van der Waals surface area contributed by atoms with E-state index < -0.39 is 0 Å². The number of carbonyl (C=O) groups excluding carboxylic acids is 1. The number of rotatable bonds is 5. The molecule has 1 aromatic carbocycles. The van der Waals surface area contributed by atoms with Gasteiger partial charge in [-0.1, -0.05) is 12.1 Å². The highest BCUT2D eigenvalue weighted by molar-refractivity contribution is 5.94. The molecule has 1 fully saturated rings. The second-order valence-corrected chi connectivity index (χ2v) is 6.32. The Morgan fingerprint density at radius 2 is 1.93 bits per heavy atom. The van der Waals surface area contributed by atoms with Crippen molar-refractivity contribution in [3.63, 3.8) is 0 Å². The van der Waals surface area contributed by atoms with Crippen LogP contribution in [0.5, 0.6) is 0 Å². The fraction of sp³-hybridized carbons (Fsp3) is 0.250. The van der Waals surface area contributed by atoms with Crippen LogP contribution in [-0.4, -0.2) is 46.7 Å². The summed E-state index contributed by atoms with van der Waals surface area (Å²) in [5, 5.41) is 2.96. The Balaban J connectivity index is 1.37. The average molecular weight is 363 g/mol. The van der Waals surface area contributed by atoms with Gasteiger partial charge in [0.05, 0.1) is 13.2 Å². The van der Waals surface area contributed by atoms with E-state index in [9.17, 15) is 4.79 Å². The van der Waals surface area contributed by atoms with Crippen molar-refractivity contribution < 1.29 is 9.53 Å². The molecule has 0 unspecified atom stereocenters. The first-order chi connectivity index (χ1) is 13.3. The third-order valence-corrected chi connectivity index (χ3v) is 4.54. The molecule has 1 aliphatic heterocycles. The van der Waals surface area contributed by atoms with Crippen molar-refractivity contribution in [2.45, 2.75) is 6.54 Å². The minimum absolute atomic E-state index is 0.129. The highest BCUT2D eigenvalue weighted by Crippen LogP contribution is 2.16. The van der Waals surface area contributed by atoms with Crippen molar-refractivity contribution in [2.75, 3.05) is 31.2 Å². The van der Waals surface area contributed by atoms with E-state index in [0.717, 1.165) is 31.9 Å². The van der Waals surface area contributed by atoms with Crippen LogP contribution in [0.4, 0.5) is 5.69 Å². The van der Waals surface area contributed by atoms with Crippen molar-refractivity contribution in [3.8, 4) is 5.82 Å². The van der Waals surface area contributed by atoms with Crippen molar-refractivity contribution in [2.24, 2.45) is 0 Å². The quantitative estimate of drug-likeness (QED) is 0.751. The van der Waals surface area contributed by atoms with E-state index in [2.05, 4.69) is 44.5 Å². The van der Waals surface area contributed by atoms with Gasteiger partial charge in [-0.25, -0.2) is 9.97 Å². The van der Waals surface area contributed by atoms with Gasteiger partial charge in [0, 0.05) is 49.5 Å². The zero-order valence-electron chi connectivity index (χ0n) is 14.9. The topological polar surface area (TPSA) is 72.3 Å². The molecular weight excluding hydrogens is 342 g/mol. The summed E-state index contributed by atoms with van der Waals surface area (Å²) in [4.78, 5) is 23.0.